The number of hydrogen-bond donors (Lipinski definition) is 1. The van der Waals surface area contributed by atoms with Crippen LogP contribution in [0.3, 0.4) is 0 Å². The molecule has 7 heteroatoms. The largest absolute Gasteiger partial charge is 0.322 e. The van der Waals surface area contributed by atoms with E-state index in [1.807, 2.05) is 12.1 Å². The first kappa shape index (κ1) is 14.4. The number of carbonyl (C=O) groups is 1. The highest BCUT2D eigenvalue weighted by atomic mass is 35.5. The first-order valence-corrected chi connectivity index (χ1v) is 5.99. The van der Waals surface area contributed by atoms with Gasteiger partial charge in [0.15, 0.2) is 0 Å². The number of nitrogens with zero attached hydrogens (tertiary/aromatic N) is 3. The summed E-state index contributed by atoms with van der Waals surface area (Å²) in [7, 11) is 0. The fourth-order valence-corrected chi connectivity index (χ4v) is 1.78. The predicted molar refractivity (Wildman–Crippen MR) is 73.0 cm³/mol. The molecule has 5 nitrogen and oxygen atoms in total. The van der Waals surface area contributed by atoms with Crippen molar-refractivity contribution in [2.45, 2.75) is 0 Å². The van der Waals surface area contributed by atoms with Crippen LogP contribution in [0.25, 0.3) is 0 Å². The summed E-state index contributed by atoms with van der Waals surface area (Å²) in [4.78, 5) is 15.5. The Kier molecular flexibility index (Phi) is 4.13. The molecule has 0 fully saturated rings. The molecule has 0 aliphatic heterocycles. The van der Waals surface area contributed by atoms with E-state index in [9.17, 15) is 9.18 Å². The molecule has 102 valence electrons. The van der Waals surface area contributed by atoms with Gasteiger partial charge in [0.2, 0.25) is 0 Å². The van der Waals surface area contributed by atoms with Crippen LogP contribution in [0.4, 0.5) is 10.1 Å². The van der Waals surface area contributed by atoms with Gasteiger partial charge >= 0.3 is 0 Å². The van der Waals surface area contributed by atoms with E-state index in [0.717, 1.165) is 12.3 Å². The van der Waals surface area contributed by atoms with E-state index in [0.29, 0.717) is 0 Å². The highest BCUT2D eigenvalue weighted by Gasteiger charge is 2.14. The highest BCUT2D eigenvalue weighted by molar-refractivity contribution is 6.33. The zero-order valence-electron chi connectivity index (χ0n) is 10.4. The number of benzene rings is 1. The maximum absolute atomic E-state index is 13.1. The lowest BCUT2D eigenvalue weighted by atomic mass is 10.1. The summed E-state index contributed by atoms with van der Waals surface area (Å²) in [6.45, 7) is 0. The summed E-state index contributed by atoms with van der Waals surface area (Å²) in [5.74, 6) is -1.36. The zero-order valence-corrected chi connectivity index (χ0v) is 11.1. The summed E-state index contributed by atoms with van der Waals surface area (Å²) in [5.41, 5.74) is 0.482. The molecule has 1 aromatic heterocycles. The molecule has 1 heterocycles. The van der Waals surface area contributed by atoms with Crippen molar-refractivity contribution < 1.29 is 9.18 Å². The van der Waals surface area contributed by atoms with Crippen LogP contribution < -0.4 is 5.32 Å². The fourth-order valence-electron chi connectivity index (χ4n) is 1.59. The number of nitriles is 2. The lowest BCUT2D eigenvalue weighted by molar-refractivity contribution is 0.102. The van der Waals surface area contributed by atoms with Crippen molar-refractivity contribution in [1.29, 1.82) is 10.5 Å². The lowest BCUT2D eigenvalue weighted by Crippen LogP contribution is -2.13. The maximum atomic E-state index is 13.1. The molecule has 2 aromatic rings. The van der Waals surface area contributed by atoms with Gasteiger partial charge in [0.1, 0.15) is 23.1 Å². The quantitative estimate of drug-likeness (QED) is 0.863. The SMILES string of the molecule is N#Cc1ccc(NC(=O)c2cc(F)cnc2Cl)cc1C#N. The van der Waals surface area contributed by atoms with Gasteiger partial charge in [-0.2, -0.15) is 10.5 Å². The number of amides is 1. The third-order valence-corrected chi connectivity index (χ3v) is 2.87. The van der Waals surface area contributed by atoms with Crippen molar-refractivity contribution in [3.8, 4) is 12.1 Å². The van der Waals surface area contributed by atoms with Gasteiger partial charge in [-0.05, 0) is 24.3 Å². The second-order valence-corrected chi connectivity index (χ2v) is 4.29. The summed E-state index contributed by atoms with van der Waals surface area (Å²) in [5, 5.41) is 20.0. The predicted octanol–water partition coefficient (Wildman–Crippen LogP) is 2.87. The molecule has 0 radical (unpaired) electrons. The molecule has 0 unspecified atom stereocenters. The molecule has 2 rings (SSSR count). The van der Waals surface area contributed by atoms with Gasteiger partial charge in [-0.1, -0.05) is 11.6 Å². The number of carbonyl (C=O) groups excluding carboxylic acids is 1. The van der Waals surface area contributed by atoms with Crippen LogP contribution in [-0.2, 0) is 0 Å². The van der Waals surface area contributed by atoms with Crippen molar-refractivity contribution in [1.82, 2.24) is 4.98 Å². The fraction of sp³-hybridized carbons (Fsp3) is 0. The minimum atomic E-state index is -0.693. The van der Waals surface area contributed by atoms with Gasteiger partial charge in [-0.25, -0.2) is 9.37 Å². The van der Waals surface area contributed by atoms with Crippen molar-refractivity contribution >= 4 is 23.2 Å². The topological polar surface area (TPSA) is 89.6 Å². The Morgan fingerprint density at radius 3 is 2.62 bits per heavy atom. The van der Waals surface area contributed by atoms with Crippen LogP contribution in [0, 0.1) is 28.5 Å². The Hall–Kier alpha value is -2.96. The summed E-state index contributed by atoms with van der Waals surface area (Å²) < 4.78 is 13.1. The Morgan fingerprint density at radius 1 is 1.24 bits per heavy atom. The standard InChI is InChI=1S/C14H6ClFN4O/c15-13-12(4-10(16)7-19-13)14(21)20-11-2-1-8(5-17)9(3-11)6-18/h1-4,7H,(H,20,21). The molecule has 0 saturated heterocycles. The second-order valence-electron chi connectivity index (χ2n) is 3.93. The minimum Gasteiger partial charge on any atom is -0.322 e. The smallest absolute Gasteiger partial charge is 0.258 e. The van der Waals surface area contributed by atoms with E-state index < -0.39 is 11.7 Å². The Bertz CT molecular complexity index is 808. The molecular formula is C14H6ClFN4O. The second kappa shape index (κ2) is 6.00. The average molecular weight is 301 g/mol. The number of pyridine rings is 1. The van der Waals surface area contributed by atoms with E-state index in [2.05, 4.69) is 10.3 Å². The van der Waals surface area contributed by atoms with Crippen LogP contribution in [0.1, 0.15) is 21.5 Å². The van der Waals surface area contributed by atoms with E-state index in [4.69, 9.17) is 22.1 Å². The van der Waals surface area contributed by atoms with Gasteiger partial charge in [0, 0.05) is 5.69 Å². The number of aromatic nitrogens is 1. The minimum absolute atomic E-state index is 0.124. The zero-order chi connectivity index (χ0) is 15.4. The van der Waals surface area contributed by atoms with Crippen LogP contribution >= 0.6 is 11.6 Å². The van der Waals surface area contributed by atoms with E-state index in [-0.39, 0.29) is 27.5 Å². The number of anilines is 1. The van der Waals surface area contributed by atoms with Crippen molar-refractivity contribution in [2.75, 3.05) is 5.32 Å². The van der Waals surface area contributed by atoms with E-state index >= 15 is 0 Å². The van der Waals surface area contributed by atoms with Gasteiger partial charge in [0.05, 0.1) is 22.9 Å². The van der Waals surface area contributed by atoms with E-state index in [1.165, 1.54) is 18.2 Å². The molecule has 0 atom stereocenters. The van der Waals surface area contributed by atoms with Crippen LogP contribution in [-0.4, -0.2) is 10.9 Å². The Morgan fingerprint density at radius 2 is 1.95 bits per heavy atom. The lowest BCUT2D eigenvalue weighted by Gasteiger charge is -2.07. The van der Waals surface area contributed by atoms with E-state index in [1.54, 1.807) is 0 Å². The van der Waals surface area contributed by atoms with Gasteiger partial charge < -0.3 is 5.32 Å². The average Bonchev–Trinajstić information content (AvgIpc) is 2.49. The Labute approximate surface area is 124 Å². The molecule has 0 aliphatic carbocycles. The Balaban J connectivity index is 2.30. The third kappa shape index (κ3) is 3.14. The van der Waals surface area contributed by atoms with Crippen LogP contribution in [0.2, 0.25) is 5.15 Å². The van der Waals surface area contributed by atoms with Gasteiger partial charge in [-0.15, -0.1) is 0 Å². The first-order valence-electron chi connectivity index (χ1n) is 5.62. The molecule has 0 aliphatic rings. The molecule has 0 saturated carbocycles. The highest BCUT2D eigenvalue weighted by Crippen LogP contribution is 2.18. The molecule has 0 spiro atoms. The van der Waals surface area contributed by atoms with Crippen molar-refractivity contribution in [3.05, 3.63) is 58.1 Å². The number of hydrogen-bond acceptors (Lipinski definition) is 4. The maximum Gasteiger partial charge on any atom is 0.258 e. The summed E-state index contributed by atoms with van der Waals surface area (Å²) in [6, 6.07) is 8.87. The third-order valence-electron chi connectivity index (χ3n) is 2.57. The van der Waals surface area contributed by atoms with Crippen LogP contribution in [0.5, 0.6) is 0 Å². The number of halogens is 2. The number of rotatable bonds is 2. The van der Waals surface area contributed by atoms with Gasteiger partial charge in [0.25, 0.3) is 5.91 Å². The summed E-state index contributed by atoms with van der Waals surface area (Å²) >= 11 is 5.73. The molecule has 21 heavy (non-hydrogen) atoms. The molecule has 1 aromatic carbocycles. The molecular weight excluding hydrogens is 295 g/mol. The normalized spacial score (nSPS) is 9.52. The number of nitrogens with one attached hydrogen (secondary N) is 1. The monoisotopic (exact) mass is 300 g/mol. The molecule has 0 bridgehead atoms. The summed E-state index contributed by atoms with van der Waals surface area (Å²) in [6.07, 6.45) is 0.897. The van der Waals surface area contributed by atoms with Crippen molar-refractivity contribution in [3.63, 3.8) is 0 Å². The molecule has 1 amide bonds. The van der Waals surface area contributed by atoms with Crippen molar-refractivity contribution in [2.24, 2.45) is 0 Å². The van der Waals surface area contributed by atoms with Gasteiger partial charge in [-0.3, -0.25) is 4.79 Å². The first-order chi connectivity index (χ1) is 10.0. The molecule has 1 N–H and O–H groups in total. The van der Waals surface area contributed by atoms with Crippen LogP contribution in [0.15, 0.2) is 30.5 Å².